The van der Waals surface area contributed by atoms with Crippen molar-refractivity contribution in [1.82, 2.24) is 5.32 Å². The zero-order chi connectivity index (χ0) is 33.9. The van der Waals surface area contributed by atoms with Gasteiger partial charge in [0.05, 0.1) is 26.4 Å². The Balaban J connectivity index is 1.73. The quantitative estimate of drug-likeness (QED) is 0.146. The number of ether oxygens (including phenoxy) is 4. The first-order chi connectivity index (χ1) is 22.4. The van der Waals surface area contributed by atoms with Gasteiger partial charge in [-0.05, 0) is 66.0 Å². The molecule has 4 rings (SSSR count). The van der Waals surface area contributed by atoms with Crippen molar-refractivity contribution in [2.75, 3.05) is 20.3 Å². The number of nitrogens with one attached hydrogen (secondary N) is 1. The van der Waals surface area contributed by atoms with Gasteiger partial charge in [0.1, 0.15) is 29.8 Å². The van der Waals surface area contributed by atoms with Crippen molar-refractivity contribution >= 4 is 24.8 Å². The summed E-state index contributed by atoms with van der Waals surface area (Å²) in [5.41, 5.74) is 0.326. The Kier molecular flexibility index (Phi) is 12.3. The summed E-state index contributed by atoms with van der Waals surface area (Å²) < 4.78 is 31.2. The zero-order valence-corrected chi connectivity index (χ0v) is 29.7. The molecule has 0 aliphatic rings. The Hall–Kier alpha value is -4.11. The number of amides is 1. The molecule has 4 aromatic rings. The number of rotatable bonds is 14. The summed E-state index contributed by atoms with van der Waals surface area (Å²) in [5, 5.41) is 5.13. The van der Waals surface area contributed by atoms with Crippen LogP contribution in [-0.4, -0.2) is 52.5 Å². The highest BCUT2D eigenvalue weighted by atomic mass is 28.4. The second-order valence-electron chi connectivity index (χ2n) is 13.5. The van der Waals surface area contributed by atoms with E-state index < -0.39 is 32.2 Å². The first-order valence-corrected chi connectivity index (χ1v) is 18.0. The highest BCUT2D eigenvalue weighted by molar-refractivity contribution is 6.99. The third kappa shape index (κ3) is 9.94. The van der Waals surface area contributed by atoms with Gasteiger partial charge in [0.25, 0.3) is 8.32 Å². The lowest BCUT2D eigenvalue weighted by Gasteiger charge is -2.44. The van der Waals surface area contributed by atoms with Crippen molar-refractivity contribution in [2.24, 2.45) is 0 Å². The standard InChI is InChI=1S/C39H49NO6Si/c1-38(2,3)46-37(41)40-35(28-43-32-25-23-31(42-7)24-26-32)36(44-27-30-17-11-8-12-18-30)29-45-47(39(4,5)6,33-19-13-9-14-20-33)34-21-15-10-16-22-34/h8-26,35-36H,27-29H2,1-7H3,(H,40,41)/t35-,36-/m1/s1. The first kappa shape index (κ1) is 35.7. The van der Waals surface area contributed by atoms with Gasteiger partial charge in [0.2, 0.25) is 0 Å². The normalized spacial score (nSPS) is 13.3. The average Bonchev–Trinajstić information content (AvgIpc) is 3.05. The number of hydrogen-bond donors (Lipinski definition) is 1. The molecule has 250 valence electrons. The van der Waals surface area contributed by atoms with E-state index in [9.17, 15) is 4.79 Å². The summed E-state index contributed by atoms with van der Waals surface area (Å²) in [6.07, 6.45) is -1.15. The molecular formula is C39H49NO6Si. The van der Waals surface area contributed by atoms with Gasteiger partial charge in [0, 0.05) is 0 Å². The molecule has 0 fully saturated rings. The predicted molar refractivity (Wildman–Crippen MR) is 190 cm³/mol. The Morgan fingerprint density at radius 1 is 0.702 bits per heavy atom. The molecule has 0 bridgehead atoms. The lowest BCUT2D eigenvalue weighted by atomic mass is 10.1. The Morgan fingerprint density at radius 3 is 1.70 bits per heavy atom. The molecule has 0 saturated heterocycles. The number of carbonyl (C=O) groups is 1. The molecule has 7 nitrogen and oxygen atoms in total. The van der Waals surface area contributed by atoms with Crippen molar-refractivity contribution in [3.8, 4) is 11.5 Å². The lowest BCUT2D eigenvalue weighted by molar-refractivity contribution is -0.0282. The van der Waals surface area contributed by atoms with Crippen LogP contribution in [0, 0.1) is 0 Å². The molecule has 47 heavy (non-hydrogen) atoms. The number of hydrogen-bond acceptors (Lipinski definition) is 6. The molecule has 0 heterocycles. The van der Waals surface area contributed by atoms with Crippen molar-refractivity contribution < 1.29 is 28.2 Å². The van der Waals surface area contributed by atoms with Crippen LogP contribution in [0.2, 0.25) is 5.04 Å². The Morgan fingerprint density at radius 2 is 1.21 bits per heavy atom. The van der Waals surface area contributed by atoms with Gasteiger partial charge in [-0.3, -0.25) is 0 Å². The number of methoxy groups -OCH3 is 1. The summed E-state index contributed by atoms with van der Waals surface area (Å²) >= 11 is 0. The maximum Gasteiger partial charge on any atom is 0.408 e. The van der Waals surface area contributed by atoms with E-state index in [4.69, 9.17) is 23.4 Å². The van der Waals surface area contributed by atoms with Gasteiger partial charge in [0.15, 0.2) is 0 Å². The molecule has 0 aliphatic carbocycles. The molecule has 4 aromatic carbocycles. The average molecular weight is 656 g/mol. The predicted octanol–water partition coefficient (Wildman–Crippen LogP) is 7.13. The number of benzene rings is 4. The van der Waals surface area contributed by atoms with Crippen LogP contribution < -0.4 is 25.2 Å². The van der Waals surface area contributed by atoms with E-state index in [0.717, 1.165) is 21.7 Å². The minimum Gasteiger partial charge on any atom is -0.497 e. The van der Waals surface area contributed by atoms with E-state index in [1.54, 1.807) is 7.11 Å². The van der Waals surface area contributed by atoms with Gasteiger partial charge in [-0.1, -0.05) is 112 Å². The van der Waals surface area contributed by atoms with E-state index in [-0.39, 0.29) is 18.3 Å². The highest BCUT2D eigenvalue weighted by Gasteiger charge is 2.50. The Labute approximate surface area is 281 Å². The number of carbonyl (C=O) groups excluding carboxylic acids is 1. The lowest BCUT2D eigenvalue weighted by Crippen LogP contribution is -2.67. The van der Waals surface area contributed by atoms with Gasteiger partial charge < -0.3 is 28.7 Å². The fourth-order valence-electron chi connectivity index (χ4n) is 5.59. The first-order valence-electron chi connectivity index (χ1n) is 16.1. The van der Waals surface area contributed by atoms with Crippen LogP contribution in [0.4, 0.5) is 4.79 Å². The molecule has 0 radical (unpaired) electrons. The molecule has 0 spiro atoms. The summed E-state index contributed by atoms with van der Waals surface area (Å²) in [4.78, 5) is 13.3. The molecule has 1 N–H and O–H groups in total. The minimum absolute atomic E-state index is 0.120. The molecule has 2 atom stereocenters. The van der Waals surface area contributed by atoms with Crippen LogP contribution in [0.5, 0.6) is 11.5 Å². The molecule has 0 unspecified atom stereocenters. The minimum atomic E-state index is -2.92. The molecule has 1 amide bonds. The number of alkyl carbamates (subject to hydrolysis) is 1. The molecular weight excluding hydrogens is 607 g/mol. The van der Waals surface area contributed by atoms with Crippen LogP contribution in [0.25, 0.3) is 0 Å². The van der Waals surface area contributed by atoms with E-state index in [1.165, 1.54) is 0 Å². The topological polar surface area (TPSA) is 75.3 Å². The maximum absolute atomic E-state index is 13.3. The third-order valence-corrected chi connectivity index (χ3v) is 12.8. The Bertz CT molecular complexity index is 1460. The smallest absolute Gasteiger partial charge is 0.408 e. The molecule has 8 heteroatoms. The van der Waals surface area contributed by atoms with Crippen LogP contribution in [0.3, 0.4) is 0 Å². The van der Waals surface area contributed by atoms with E-state index in [2.05, 4.69) is 74.6 Å². The van der Waals surface area contributed by atoms with Crippen LogP contribution in [-0.2, 0) is 20.5 Å². The summed E-state index contributed by atoms with van der Waals surface area (Å²) in [5.74, 6) is 1.36. The second kappa shape index (κ2) is 16.1. The van der Waals surface area contributed by atoms with E-state index >= 15 is 0 Å². The fourth-order valence-corrected chi connectivity index (χ4v) is 10.2. The second-order valence-corrected chi connectivity index (χ2v) is 17.9. The highest BCUT2D eigenvalue weighted by Crippen LogP contribution is 2.37. The third-order valence-electron chi connectivity index (χ3n) is 7.83. The van der Waals surface area contributed by atoms with Crippen molar-refractivity contribution in [3.63, 3.8) is 0 Å². The largest absolute Gasteiger partial charge is 0.497 e. The van der Waals surface area contributed by atoms with Crippen LogP contribution >= 0.6 is 0 Å². The van der Waals surface area contributed by atoms with Gasteiger partial charge >= 0.3 is 6.09 Å². The fraction of sp³-hybridized carbons (Fsp3) is 0.359. The SMILES string of the molecule is COc1ccc(OC[C@@H](NC(=O)OC(C)(C)C)[C@@H](CO[Si](c2ccccc2)(c2ccccc2)C(C)(C)C)OCc2ccccc2)cc1. The summed E-state index contributed by atoms with van der Waals surface area (Å²) in [6.45, 7) is 12.9. The van der Waals surface area contributed by atoms with Crippen molar-refractivity contribution in [1.29, 1.82) is 0 Å². The van der Waals surface area contributed by atoms with Gasteiger partial charge in [-0.15, -0.1) is 0 Å². The maximum atomic E-state index is 13.3. The monoisotopic (exact) mass is 655 g/mol. The van der Waals surface area contributed by atoms with E-state index in [1.807, 2.05) is 87.5 Å². The van der Waals surface area contributed by atoms with Crippen molar-refractivity contribution in [3.05, 3.63) is 121 Å². The molecule has 0 aromatic heterocycles. The van der Waals surface area contributed by atoms with Crippen LogP contribution in [0.15, 0.2) is 115 Å². The summed E-state index contributed by atoms with van der Waals surface area (Å²) in [6, 6.07) is 37.6. The zero-order valence-electron chi connectivity index (χ0n) is 28.7. The van der Waals surface area contributed by atoms with Gasteiger partial charge in [-0.2, -0.15) is 0 Å². The van der Waals surface area contributed by atoms with E-state index in [0.29, 0.717) is 12.4 Å². The molecule has 0 saturated carbocycles. The van der Waals surface area contributed by atoms with Crippen LogP contribution in [0.1, 0.15) is 47.1 Å². The summed E-state index contributed by atoms with van der Waals surface area (Å²) in [7, 11) is -1.30. The van der Waals surface area contributed by atoms with Gasteiger partial charge in [-0.25, -0.2) is 4.79 Å². The van der Waals surface area contributed by atoms with Crippen molar-refractivity contribution in [2.45, 2.75) is 70.9 Å². The molecule has 0 aliphatic heterocycles.